The molecule has 0 aliphatic carbocycles. The Morgan fingerprint density at radius 1 is 1.40 bits per heavy atom. The average Bonchev–Trinajstić information content (AvgIpc) is 2.41. The Bertz CT molecular complexity index is 423. The van der Waals surface area contributed by atoms with Crippen LogP contribution in [0.1, 0.15) is 0 Å². The van der Waals surface area contributed by atoms with Crippen molar-refractivity contribution in [3.8, 4) is 0 Å². The number of aliphatic hydroxyl groups excluding tert-OH is 1. The highest BCUT2D eigenvalue weighted by atomic mass is 35.5. The largest absolute Gasteiger partial charge is 0.390 e. The highest BCUT2D eigenvalue weighted by Crippen LogP contribution is 2.22. The zero-order chi connectivity index (χ0) is 14.5. The Hall–Kier alpha value is -0.880. The summed E-state index contributed by atoms with van der Waals surface area (Å²) in [5.74, 6) is 0. The van der Waals surface area contributed by atoms with Gasteiger partial charge < -0.3 is 14.9 Å². The molecule has 0 amide bonds. The lowest BCUT2D eigenvalue weighted by molar-refractivity contribution is 0.0843. The zero-order valence-corrected chi connectivity index (χ0v) is 12.9. The summed E-state index contributed by atoms with van der Waals surface area (Å²) in [4.78, 5) is 10.6. The Labute approximate surface area is 125 Å². The minimum atomic E-state index is -0.382. The molecule has 1 atom stereocenters. The lowest BCUT2D eigenvalue weighted by atomic mass is 10.2. The number of aromatic nitrogens is 1. The highest BCUT2D eigenvalue weighted by molar-refractivity contribution is 6.33. The third-order valence-corrected chi connectivity index (χ3v) is 4.00. The number of β-amino-alcohol motifs (C(OH)–C–C–N with tert-alkyl or cyclic N) is 1. The van der Waals surface area contributed by atoms with Gasteiger partial charge in [-0.15, -0.1) is 0 Å². The second kappa shape index (κ2) is 7.22. The minimum Gasteiger partial charge on any atom is -0.390 e. The number of aliphatic hydroxyl groups is 1. The Morgan fingerprint density at radius 3 is 2.75 bits per heavy atom. The van der Waals surface area contributed by atoms with Crippen molar-refractivity contribution in [2.75, 3.05) is 58.3 Å². The van der Waals surface area contributed by atoms with Crippen molar-refractivity contribution in [3.63, 3.8) is 0 Å². The first kappa shape index (κ1) is 15.5. The molecule has 1 N–H and O–H groups in total. The van der Waals surface area contributed by atoms with Gasteiger partial charge in [-0.25, -0.2) is 0 Å². The molecule has 1 fully saturated rings. The number of hydrogen-bond acceptors (Lipinski definition) is 5. The summed E-state index contributed by atoms with van der Waals surface area (Å²) < 4.78 is 0. The third kappa shape index (κ3) is 4.31. The van der Waals surface area contributed by atoms with Gasteiger partial charge in [0.2, 0.25) is 0 Å². The normalized spacial score (nSPS) is 19.0. The van der Waals surface area contributed by atoms with E-state index in [2.05, 4.69) is 21.8 Å². The smallest absolute Gasteiger partial charge is 0.0841 e. The van der Waals surface area contributed by atoms with Gasteiger partial charge in [0.25, 0.3) is 0 Å². The van der Waals surface area contributed by atoms with Crippen LogP contribution in [0.2, 0.25) is 5.02 Å². The molecule has 1 aromatic rings. The second-order valence-electron chi connectivity index (χ2n) is 5.47. The summed E-state index contributed by atoms with van der Waals surface area (Å²) in [6.45, 7) is 5.45. The summed E-state index contributed by atoms with van der Waals surface area (Å²) in [5.41, 5.74) is 0.902. The standard InChI is InChI=1S/C14H23ClN4O/c1-17-5-7-19(8-6-17)11-12(20)10-18(2)14-3-4-16-9-13(14)15/h3-4,9,12,20H,5-8,10-11H2,1-2H3/t12-/m1/s1. The van der Waals surface area contributed by atoms with Crippen molar-refractivity contribution in [2.45, 2.75) is 6.10 Å². The van der Waals surface area contributed by atoms with E-state index >= 15 is 0 Å². The first-order valence-corrected chi connectivity index (χ1v) is 7.33. The molecule has 0 bridgehead atoms. The summed E-state index contributed by atoms with van der Waals surface area (Å²) >= 11 is 6.11. The van der Waals surface area contributed by atoms with E-state index in [-0.39, 0.29) is 6.10 Å². The van der Waals surface area contributed by atoms with Crippen molar-refractivity contribution < 1.29 is 5.11 Å². The number of piperazine rings is 1. The maximum absolute atomic E-state index is 10.2. The number of likely N-dealkylation sites (N-methyl/N-ethyl adjacent to an activating group) is 2. The molecular weight excluding hydrogens is 276 g/mol. The maximum Gasteiger partial charge on any atom is 0.0841 e. The monoisotopic (exact) mass is 298 g/mol. The number of nitrogens with zero attached hydrogens (tertiary/aromatic N) is 4. The zero-order valence-electron chi connectivity index (χ0n) is 12.2. The van der Waals surface area contributed by atoms with Gasteiger partial charge in [-0.2, -0.15) is 0 Å². The van der Waals surface area contributed by atoms with E-state index in [9.17, 15) is 5.11 Å². The highest BCUT2D eigenvalue weighted by Gasteiger charge is 2.18. The molecule has 1 aliphatic heterocycles. The van der Waals surface area contributed by atoms with Gasteiger partial charge in [0.05, 0.1) is 16.8 Å². The number of rotatable bonds is 5. The van der Waals surface area contributed by atoms with Gasteiger partial charge in [-0.1, -0.05) is 11.6 Å². The van der Waals surface area contributed by atoms with E-state index < -0.39 is 0 Å². The lowest BCUT2D eigenvalue weighted by Crippen LogP contribution is -2.48. The van der Waals surface area contributed by atoms with E-state index in [1.807, 2.05) is 18.0 Å². The van der Waals surface area contributed by atoms with E-state index in [0.29, 0.717) is 18.1 Å². The van der Waals surface area contributed by atoms with Crippen LogP contribution < -0.4 is 4.90 Å². The van der Waals surface area contributed by atoms with Crippen LogP contribution in [0.4, 0.5) is 5.69 Å². The van der Waals surface area contributed by atoms with Crippen LogP contribution in [0, 0.1) is 0 Å². The summed E-state index contributed by atoms with van der Waals surface area (Å²) in [6.07, 6.45) is 2.96. The third-order valence-electron chi connectivity index (χ3n) is 3.71. The van der Waals surface area contributed by atoms with Crippen molar-refractivity contribution in [3.05, 3.63) is 23.5 Å². The van der Waals surface area contributed by atoms with Crippen molar-refractivity contribution >= 4 is 17.3 Å². The van der Waals surface area contributed by atoms with E-state index in [1.165, 1.54) is 0 Å². The fraction of sp³-hybridized carbons (Fsp3) is 0.643. The molecular formula is C14H23ClN4O. The molecule has 112 valence electrons. The number of hydrogen-bond donors (Lipinski definition) is 1. The molecule has 1 aliphatic rings. The molecule has 1 aromatic heterocycles. The van der Waals surface area contributed by atoms with Gasteiger partial charge in [0.1, 0.15) is 0 Å². The molecule has 0 radical (unpaired) electrons. The van der Waals surface area contributed by atoms with Crippen molar-refractivity contribution in [1.29, 1.82) is 0 Å². The quantitative estimate of drug-likeness (QED) is 0.870. The lowest BCUT2D eigenvalue weighted by Gasteiger charge is -2.34. The number of anilines is 1. The predicted octanol–water partition coefficient (Wildman–Crippen LogP) is 0.779. The van der Waals surface area contributed by atoms with Crippen LogP contribution in [0.3, 0.4) is 0 Å². The fourth-order valence-corrected chi connectivity index (χ4v) is 2.74. The van der Waals surface area contributed by atoms with Crippen molar-refractivity contribution in [1.82, 2.24) is 14.8 Å². The molecule has 0 spiro atoms. The van der Waals surface area contributed by atoms with Gasteiger partial charge in [0.15, 0.2) is 0 Å². The first-order valence-electron chi connectivity index (χ1n) is 6.96. The van der Waals surface area contributed by atoms with E-state index in [0.717, 1.165) is 31.9 Å². The molecule has 20 heavy (non-hydrogen) atoms. The predicted molar refractivity (Wildman–Crippen MR) is 82.5 cm³/mol. The molecule has 0 saturated carbocycles. The second-order valence-corrected chi connectivity index (χ2v) is 5.87. The molecule has 1 saturated heterocycles. The molecule has 2 heterocycles. The molecule has 2 rings (SSSR count). The van der Waals surface area contributed by atoms with Gasteiger partial charge >= 0.3 is 0 Å². The number of pyridine rings is 1. The van der Waals surface area contributed by atoms with Crippen LogP contribution in [0.5, 0.6) is 0 Å². The topological polar surface area (TPSA) is 42.8 Å². The molecule has 5 nitrogen and oxygen atoms in total. The SMILES string of the molecule is CN1CCN(C[C@H](O)CN(C)c2ccncc2Cl)CC1. The molecule has 0 unspecified atom stereocenters. The van der Waals surface area contributed by atoms with Crippen LogP contribution >= 0.6 is 11.6 Å². The van der Waals surface area contributed by atoms with Gasteiger partial charge in [-0.05, 0) is 13.1 Å². The van der Waals surface area contributed by atoms with Gasteiger partial charge in [0, 0.05) is 58.7 Å². The van der Waals surface area contributed by atoms with E-state index in [4.69, 9.17) is 11.6 Å². The Balaban J connectivity index is 1.82. The summed E-state index contributed by atoms with van der Waals surface area (Å²) in [7, 11) is 4.07. The molecule has 6 heteroatoms. The Kier molecular flexibility index (Phi) is 5.60. The molecule has 0 aromatic carbocycles. The number of halogens is 1. The van der Waals surface area contributed by atoms with Crippen LogP contribution in [-0.4, -0.2) is 79.4 Å². The maximum atomic E-state index is 10.2. The van der Waals surface area contributed by atoms with Crippen LogP contribution in [0.15, 0.2) is 18.5 Å². The Morgan fingerprint density at radius 2 is 2.10 bits per heavy atom. The fourth-order valence-electron chi connectivity index (χ4n) is 2.48. The first-order chi connectivity index (χ1) is 9.56. The van der Waals surface area contributed by atoms with Gasteiger partial charge in [-0.3, -0.25) is 9.88 Å². The van der Waals surface area contributed by atoms with E-state index in [1.54, 1.807) is 12.4 Å². The minimum absolute atomic E-state index is 0.382. The van der Waals surface area contributed by atoms with Crippen molar-refractivity contribution in [2.24, 2.45) is 0 Å². The summed E-state index contributed by atoms with van der Waals surface area (Å²) in [5, 5.41) is 10.8. The average molecular weight is 299 g/mol. The van der Waals surface area contributed by atoms with Crippen LogP contribution in [0.25, 0.3) is 0 Å². The van der Waals surface area contributed by atoms with Crippen LogP contribution in [-0.2, 0) is 0 Å². The summed E-state index contributed by atoms with van der Waals surface area (Å²) in [6, 6.07) is 1.87.